The SMILES string of the molecule is Brc1cccc(Oc2nc(Oc3cccc(Br)c3)nc(Oc3cccc(Br)c3)n2)c1. The van der Waals surface area contributed by atoms with E-state index in [1.165, 1.54) is 0 Å². The third-order valence-corrected chi connectivity index (χ3v) is 5.07. The first-order chi connectivity index (χ1) is 14.5. The average Bonchev–Trinajstić information content (AvgIpc) is 2.68. The van der Waals surface area contributed by atoms with Gasteiger partial charge in [0.25, 0.3) is 0 Å². The zero-order chi connectivity index (χ0) is 20.9. The summed E-state index contributed by atoms with van der Waals surface area (Å²) < 4.78 is 20.0. The summed E-state index contributed by atoms with van der Waals surface area (Å²) >= 11 is 10.2. The van der Waals surface area contributed by atoms with Crippen LogP contribution in [0.2, 0.25) is 0 Å². The molecule has 0 fully saturated rings. The Balaban J connectivity index is 1.67. The van der Waals surface area contributed by atoms with E-state index in [9.17, 15) is 0 Å². The Bertz CT molecular complexity index is 1030. The molecule has 0 atom stereocenters. The summed E-state index contributed by atoms with van der Waals surface area (Å²) in [4.78, 5) is 12.8. The number of hydrogen-bond acceptors (Lipinski definition) is 6. The Morgan fingerprint density at radius 1 is 0.467 bits per heavy atom. The molecule has 30 heavy (non-hydrogen) atoms. The summed E-state index contributed by atoms with van der Waals surface area (Å²) in [7, 11) is 0. The second-order valence-electron chi connectivity index (χ2n) is 5.86. The van der Waals surface area contributed by atoms with Crippen LogP contribution < -0.4 is 14.2 Å². The molecule has 3 aromatic carbocycles. The van der Waals surface area contributed by atoms with Crippen LogP contribution in [0.3, 0.4) is 0 Å². The number of benzene rings is 3. The van der Waals surface area contributed by atoms with Crippen LogP contribution >= 0.6 is 47.8 Å². The fourth-order valence-corrected chi connectivity index (χ4v) is 3.50. The van der Waals surface area contributed by atoms with Crippen LogP contribution in [0, 0.1) is 0 Å². The third kappa shape index (κ3) is 5.78. The van der Waals surface area contributed by atoms with Crippen molar-refractivity contribution in [2.24, 2.45) is 0 Å². The summed E-state index contributed by atoms with van der Waals surface area (Å²) in [5, 5.41) is 0. The molecular formula is C21H12Br3N3O3. The molecule has 0 saturated carbocycles. The van der Waals surface area contributed by atoms with Gasteiger partial charge in [0.2, 0.25) is 0 Å². The molecule has 0 N–H and O–H groups in total. The normalized spacial score (nSPS) is 10.5. The molecule has 0 aliphatic rings. The minimum atomic E-state index is 0.0399. The molecule has 4 rings (SSSR count). The minimum Gasteiger partial charge on any atom is -0.424 e. The summed E-state index contributed by atoms with van der Waals surface area (Å²) in [6, 6.07) is 22.1. The van der Waals surface area contributed by atoms with Crippen molar-refractivity contribution >= 4 is 47.8 Å². The fourth-order valence-electron chi connectivity index (χ4n) is 2.37. The summed E-state index contributed by atoms with van der Waals surface area (Å²) in [5.74, 6) is 1.66. The van der Waals surface area contributed by atoms with Gasteiger partial charge in [-0.1, -0.05) is 66.0 Å². The highest BCUT2D eigenvalue weighted by Gasteiger charge is 2.13. The minimum absolute atomic E-state index is 0.0399. The number of rotatable bonds is 6. The second kappa shape index (κ2) is 9.55. The van der Waals surface area contributed by atoms with Crippen LogP contribution in [0.1, 0.15) is 0 Å². The van der Waals surface area contributed by atoms with Gasteiger partial charge in [0.15, 0.2) is 0 Å². The molecule has 4 aromatic rings. The summed E-state index contributed by atoms with van der Waals surface area (Å²) in [5.41, 5.74) is 0. The summed E-state index contributed by atoms with van der Waals surface area (Å²) in [6.07, 6.45) is 0. The van der Waals surface area contributed by atoms with Crippen molar-refractivity contribution in [3.8, 4) is 35.3 Å². The van der Waals surface area contributed by atoms with E-state index in [-0.39, 0.29) is 18.0 Å². The summed E-state index contributed by atoms with van der Waals surface area (Å²) in [6.45, 7) is 0. The van der Waals surface area contributed by atoms with E-state index in [1.807, 2.05) is 36.4 Å². The Kier molecular flexibility index (Phi) is 6.61. The van der Waals surface area contributed by atoms with Gasteiger partial charge in [-0.05, 0) is 54.6 Å². The monoisotopic (exact) mass is 591 g/mol. The Hall–Kier alpha value is -2.49. The maximum Gasteiger partial charge on any atom is 0.331 e. The van der Waals surface area contributed by atoms with E-state index in [1.54, 1.807) is 36.4 Å². The first-order valence-electron chi connectivity index (χ1n) is 8.60. The number of hydrogen-bond donors (Lipinski definition) is 0. The van der Waals surface area contributed by atoms with Gasteiger partial charge >= 0.3 is 18.0 Å². The van der Waals surface area contributed by atoms with E-state index in [2.05, 4.69) is 62.7 Å². The first kappa shape index (κ1) is 20.8. The molecule has 0 amide bonds. The predicted octanol–water partition coefficient (Wildman–Crippen LogP) is 7.54. The molecule has 0 aliphatic carbocycles. The van der Waals surface area contributed by atoms with Gasteiger partial charge < -0.3 is 14.2 Å². The quantitative estimate of drug-likeness (QED) is 0.230. The molecule has 6 nitrogen and oxygen atoms in total. The number of aromatic nitrogens is 3. The lowest BCUT2D eigenvalue weighted by atomic mass is 10.3. The Morgan fingerprint density at radius 3 is 1.03 bits per heavy atom. The van der Waals surface area contributed by atoms with Gasteiger partial charge in [-0.15, -0.1) is 15.0 Å². The van der Waals surface area contributed by atoms with Crippen molar-refractivity contribution in [1.29, 1.82) is 0 Å². The van der Waals surface area contributed by atoms with E-state index in [4.69, 9.17) is 14.2 Å². The maximum absolute atomic E-state index is 5.79. The second-order valence-corrected chi connectivity index (χ2v) is 8.61. The van der Waals surface area contributed by atoms with Crippen LogP contribution in [-0.4, -0.2) is 15.0 Å². The van der Waals surface area contributed by atoms with E-state index >= 15 is 0 Å². The van der Waals surface area contributed by atoms with Gasteiger partial charge in [0.1, 0.15) is 17.2 Å². The van der Waals surface area contributed by atoms with Crippen LogP contribution in [0.4, 0.5) is 0 Å². The van der Waals surface area contributed by atoms with E-state index in [0.29, 0.717) is 17.2 Å². The zero-order valence-corrected chi connectivity index (χ0v) is 19.9. The number of ether oxygens (including phenoxy) is 3. The molecule has 150 valence electrons. The molecule has 0 aliphatic heterocycles. The first-order valence-corrected chi connectivity index (χ1v) is 11.0. The molecule has 0 saturated heterocycles. The number of nitrogens with zero attached hydrogens (tertiary/aromatic N) is 3. The maximum atomic E-state index is 5.79. The van der Waals surface area contributed by atoms with Crippen molar-refractivity contribution in [1.82, 2.24) is 15.0 Å². The van der Waals surface area contributed by atoms with Crippen molar-refractivity contribution in [3.63, 3.8) is 0 Å². The van der Waals surface area contributed by atoms with Gasteiger partial charge in [-0.2, -0.15) is 0 Å². The fraction of sp³-hybridized carbons (Fsp3) is 0. The van der Waals surface area contributed by atoms with Crippen molar-refractivity contribution in [2.45, 2.75) is 0 Å². The Labute approximate surface area is 197 Å². The Morgan fingerprint density at radius 2 is 0.767 bits per heavy atom. The van der Waals surface area contributed by atoms with E-state index < -0.39 is 0 Å². The van der Waals surface area contributed by atoms with Crippen molar-refractivity contribution in [3.05, 3.63) is 86.2 Å². The highest BCUT2D eigenvalue weighted by Crippen LogP contribution is 2.29. The molecule has 0 radical (unpaired) electrons. The predicted molar refractivity (Wildman–Crippen MR) is 122 cm³/mol. The molecule has 0 unspecified atom stereocenters. The number of halogens is 3. The van der Waals surface area contributed by atoms with Crippen molar-refractivity contribution < 1.29 is 14.2 Å². The van der Waals surface area contributed by atoms with Gasteiger partial charge in [0, 0.05) is 13.4 Å². The zero-order valence-electron chi connectivity index (χ0n) is 15.1. The van der Waals surface area contributed by atoms with Crippen molar-refractivity contribution in [2.75, 3.05) is 0 Å². The molecular weight excluding hydrogens is 582 g/mol. The van der Waals surface area contributed by atoms with Crippen LogP contribution in [0.15, 0.2) is 86.2 Å². The highest BCUT2D eigenvalue weighted by molar-refractivity contribution is 9.11. The van der Waals surface area contributed by atoms with Crippen LogP contribution in [-0.2, 0) is 0 Å². The topological polar surface area (TPSA) is 66.4 Å². The standard InChI is InChI=1S/C21H12Br3N3O3/c22-13-4-1-7-16(10-13)28-19-25-20(29-17-8-2-5-14(23)11-17)27-21(26-19)30-18-9-3-6-15(24)12-18/h1-12H. The molecule has 0 spiro atoms. The van der Waals surface area contributed by atoms with Gasteiger partial charge in [-0.25, -0.2) is 0 Å². The largest absolute Gasteiger partial charge is 0.424 e. The van der Waals surface area contributed by atoms with Crippen LogP contribution in [0.5, 0.6) is 35.3 Å². The highest BCUT2D eigenvalue weighted by atomic mass is 79.9. The lowest BCUT2D eigenvalue weighted by Crippen LogP contribution is -2.01. The average molecular weight is 594 g/mol. The molecule has 1 aromatic heterocycles. The third-order valence-electron chi connectivity index (χ3n) is 3.59. The molecule has 9 heteroatoms. The molecule has 1 heterocycles. The van der Waals surface area contributed by atoms with Crippen LogP contribution in [0.25, 0.3) is 0 Å². The lowest BCUT2D eigenvalue weighted by molar-refractivity contribution is 0.362. The van der Waals surface area contributed by atoms with Gasteiger partial charge in [-0.3, -0.25) is 0 Å². The van der Waals surface area contributed by atoms with E-state index in [0.717, 1.165) is 13.4 Å². The smallest absolute Gasteiger partial charge is 0.331 e. The lowest BCUT2D eigenvalue weighted by Gasteiger charge is -2.10. The van der Waals surface area contributed by atoms with Gasteiger partial charge in [0.05, 0.1) is 0 Å². The molecule has 0 bridgehead atoms.